The summed E-state index contributed by atoms with van der Waals surface area (Å²) in [4.78, 5) is 0. The van der Waals surface area contributed by atoms with Crippen molar-refractivity contribution in [3.05, 3.63) is 11.9 Å². The zero-order valence-corrected chi connectivity index (χ0v) is 13.2. The van der Waals surface area contributed by atoms with Crippen molar-refractivity contribution in [2.75, 3.05) is 7.05 Å². The van der Waals surface area contributed by atoms with Gasteiger partial charge in [-0.2, -0.15) is 0 Å². The lowest BCUT2D eigenvalue weighted by molar-refractivity contribution is 0.333. The molecule has 0 fully saturated rings. The Hall–Kier alpha value is -0.900. The summed E-state index contributed by atoms with van der Waals surface area (Å²) in [5.41, 5.74) is 1.27. The molecule has 1 aromatic heterocycles. The van der Waals surface area contributed by atoms with Crippen molar-refractivity contribution < 1.29 is 0 Å². The summed E-state index contributed by atoms with van der Waals surface area (Å²) in [7, 11) is 2.07. The van der Waals surface area contributed by atoms with Crippen LogP contribution in [0.25, 0.3) is 0 Å². The number of unbranched alkanes of at least 4 members (excludes halogenated alkanes) is 1. The summed E-state index contributed by atoms with van der Waals surface area (Å²) in [6.45, 7) is 8.76. The first-order chi connectivity index (χ1) is 8.99. The van der Waals surface area contributed by atoms with Crippen molar-refractivity contribution in [1.29, 1.82) is 0 Å². The van der Waals surface area contributed by atoms with E-state index in [1.54, 1.807) is 0 Å². The van der Waals surface area contributed by atoms with Crippen LogP contribution in [0.3, 0.4) is 0 Å². The molecule has 0 aliphatic carbocycles. The first-order valence-corrected chi connectivity index (χ1v) is 7.56. The molecule has 0 saturated carbocycles. The van der Waals surface area contributed by atoms with Gasteiger partial charge in [0, 0.05) is 6.04 Å². The van der Waals surface area contributed by atoms with Gasteiger partial charge in [-0.15, -0.1) is 5.10 Å². The number of aromatic nitrogens is 3. The van der Waals surface area contributed by atoms with E-state index >= 15 is 0 Å². The number of hydrogen-bond acceptors (Lipinski definition) is 3. The fraction of sp³-hybridized carbons (Fsp3) is 0.867. The molecular formula is C15H30N4. The molecule has 1 aromatic rings. The Balaban J connectivity index is 2.42. The van der Waals surface area contributed by atoms with Gasteiger partial charge in [0.2, 0.25) is 0 Å². The third-order valence-electron chi connectivity index (χ3n) is 3.56. The van der Waals surface area contributed by atoms with Crippen molar-refractivity contribution in [2.24, 2.45) is 0 Å². The Bertz CT molecular complexity index is 351. The third-order valence-corrected chi connectivity index (χ3v) is 3.56. The van der Waals surface area contributed by atoms with Crippen molar-refractivity contribution in [2.45, 2.75) is 77.8 Å². The van der Waals surface area contributed by atoms with Crippen LogP contribution in [0.15, 0.2) is 6.20 Å². The van der Waals surface area contributed by atoms with Crippen LogP contribution in [-0.4, -0.2) is 28.1 Å². The van der Waals surface area contributed by atoms with E-state index in [1.807, 2.05) is 10.9 Å². The summed E-state index contributed by atoms with van der Waals surface area (Å²) in [6.07, 6.45) is 9.26. The van der Waals surface area contributed by atoms with Crippen molar-refractivity contribution in [1.82, 2.24) is 20.3 Å². The number of nitrogens with one attached hydrogen (secondary N) is 1. The fourth-order valence-corrected chi connectivity index (χ4v) is 2.40. The SMILES string of the molecule is CCCCC(CCCc1cnnn1C(C)(C)C)NC. The van der Waals surface area contributed by atoms with E-state index in [9.17, 15) is 0 Å². The van der Waals surface area contributed by atoms with Crippen molar-refractivity contribution >= 4 is 0 Å². The molecule has 0 amide bonds. The van der Waals surface area contributed by atoms with Crippen LogP contribution in [0.1, 0.15) is 65.5 Å². The highest BCUT2D eigenvalue weighted by atomic mass is 15.4. The summed E-state index contributed by atoms with van der Waals surface area (Å²) < 4.78 is 2.05. The Morgan fingerprint density at radius 2 is 1.95 bits per heavy atom. The second kappa shape index (κ2) is 7.63. The molecule has 1 heterocycles. The van der Waals surface area contributed by atoms with E-state index in [1.165, 1.54) is 37.8 Å². The minimum atomic E-state index is 0.0243. The van der Waals surface area contributed by atoms with Crippen molar-refractivity contribution in [3.8, 4) is 0 Å². The summed E-state index contributed by atoms with van der Waals surface area (Å²) in [5, 5.41) is 11.7. The lowest BCUT2D eigenvalue weighted by Gasteiger charge is -2.21. The first-order valence-electron chi connectivity index (χ1n) is 7.56. The van der Waals surface area contributed by atoms with Crippen LogP contribution in [0.5, 0.6) is 0 Å². The Morgan fingerprint density at radius 3 is 2.53 bits per heavy atom. The maximum absolute atomic E-state index is 4.21. The largest absolute Gasteiger partial charge is 0.317 e. The second-order valence-electron chi connectivity index (χ2n) is 6.33. The zero-order chi connectivity index (χ0) is 14.3. The van der Waals surface area contributed by atoms with Crippen LogP contribution in [0.2, 0.25) is 0 Å². The van der Waals surface area contributed by atoms with Gasteiger partial charge in [0.15, 0.2) is 0 Å². The molecule has 4 nitrogen and oxygen atoms in total. The lowest BCUT2D eigenvalue weighted by atomic mass is 10.0. The van der Waals surface area contributed by atoms with E-state index in [-0.39, 0.29) is 5.54 Å². The van der Waals surface area contributed by atoms with E-state index in [2.05, 4.69) is 50.4 Å². The Morgan fingerprint density at radius 1 is 1.26 bits per heavy atom. The normalized spacial score (nSPS) is 13.7. The molecule has 0 aromatic carbocycles. The fourth-order valence-electron chi connectivity index (χ4n) is 2.40. The molecule has 0 bridgehead atoms. The van der Waals surface area contributed by atoms with Gasteiger partial charge in [0.1, 0.15) is 0 Å². The maximum atomic E-state index is 4.21. The predicted octanol–water partition coefficient (Wildman–Crippen LogP) is 3.13. The van der Waals surface area contributed by atoms with Crippen LogP contribution in [0, 0.1) is 0 Å². The highest BCUT2D eigenvalue weighted by Crippen LogP contribution is 2.17. The quantitative estimate of drug-likeness (QED) is 0.786. The number of hydrogen-bond donors (Lipinski definition) is 1. The van der Waals surface area contributed by atoms with Gasteiger partial charge in [0.25, 0.3) is 0 Å². The number of rotatable bonds is 8. The molecule has 110 valence electrons. The molecule has 0 aliphatic heterocycles. The minimum absolute atomic E-state index is 0.0243. The predicted molar refractivity (Wildman–Crippen MR) is 80.3 cm³/mol. The van der Waals surface area contributed by atoms with E-state index in [4.69, 9.17) is 0 Å². The lowest BCUT2D eigenvalue weighted by Crippen LogP contribution is -2.27. The molecule has 0 saturated heterocycles. The number of nitrogens with zero attached hydrogens (tertiary/aromatic N) is 3. The molecule has 0 spiro atoms. The van der Waals surface area contributed by atoms with Gasteiger partial charge >= 0.3 is 0 Å². The number of aryl methyl sites for hydroxylation is 1. The highest BCUT2D eigenvalue weighted by molar-refractivity contribution is 4.97. The summed E-state index contributed by atoms with van der Waals surface area (Å²) >= 11 is 0. The van der Waals surface area contributed by atoms with Crippen LogP contribution in [0.4, 0.5) is 0 Å². The minimum Gasteiger partial charge on any atom is -0.317 e. The first kappa shape index (κ1) is 16.2. The second-order valence-corrected chi connectivity index (χ2v) is 6.33. The topological polar surface area (TPSA) is 42.7 Å². The Kier molecular flexibility index (Phi) is 6.49. The van der Waals surface area contributed by atoms with Crippen LogP contribution >= 0.6 is 0 Å². The van der Waals surface area contributed by atoms with E-state index in [0.29, 0.717) is 6.04 Å². The maximum Gasteiger partial charge on any atom is 0.0725 e. The van der Waals surface area contributed by atoms with Crippen molar-refractivity contribution in [3.63, 3.8) is 0 Å². The van der Waals surface area contributed by atoms with Gasteiger partial charge in [-0.05, 0) is 53.5 Å². The van der Waals surface area contributed by atoms with Gasteiger partial charge in [-0.1, -0.05) is 25.0 Å². The average molecular weight is 266 g/mol. The van der Waals surface area contributed by atoms with Crippen LogP contribution < -0.4 is 5.32 Å². The third kappa shape index (κ3) is 5.31. The summed E-state index contributed by atoms with van der Waals surface area (Å²) in [6, 6.07) is 0.652. The molecule has 4 heteroatoms. The molecule has 0 radical (unpaired) electrons. The van der Waals surface area contributed by atoms with E-state index in [0.717, 1.165) is 6.42 Å². The molecule has 1 atom stereocenters. The molecule has 19 heavy (non-hydrogen) atoms. The molecule has 1 unspecified atom stereocenters. The highest BCUT2D eigenvalue weighted by Gasteiger charge is 2.18. The molecular weight excluding hydrogens is 236 g/mol. The van der Waals surface area contributed by atoms with Gasteiger partial charge in [0.05, 0.1) is 17.4 Å². The van der Waals surface area contributed by atoms with Crippen LogP contribution in [-0.2, 0) is 12.0 Å². The smallest absolute Gasteiger partial charge is 0.0725 e. The van der Waals surface area contributed by atoms with Gasteiger partial charge in [-0.25, -0.2) is 4.68 Å². The average Bonchev–Trinajstić information content (AvgIpc) is 2.81. The zero-order valence-electron chi connectivity index (χ0n) is 13.2. The monoisotopic (exact) mass is 266 g/mol. The summed E-state index contributed by atoms with van der Waals surface area (Å²) in [5.74, 6) is 0. The standard InChI is InChI=1S/C15H30N4/c1-6-7-9-13(16-5)10-8-11-14-12-17-18-19(14)15(2,3)4/h12-13,16H,6-11H2,1-5H3. The molecule has 1 rings (SSSR count). The molecule has 1 N–H and O–H groups in total. The van der Waals surface area contributed by atoms with Gasteiger partial charge < -0.3 is 5.32 Å². The van der Waals surface area contributed by atoms with Gasteiger partial charge in [-0.3, -0.25) is 0 Å². The van der Waals surface area contributed by atoms with E-state index < -0.39 is 0 Å². The molecule has 0 aliphatic rings. The Labute approximate surface area is 118 Å².